The van der Waals surface area contributed by atoms with Gasteiger partial charge in [0.2, 0.25) is 0 Å². The molecular weight excluding hydrogens is 264 g/mol. The maximum Gasteiger partial charge on any atom is 0.101 e. The molecule has 19 heavy (non-hydrogen) atoms. The predicted octanol–water partition coefficient (Wildman–Crippen LogP) is 2.41. The Hall–Kier alpha value is -1.28. The maximum atomic E-state index is 10.1. The Kier molecular flexibility index (Phi) is 5.03. The number of ether oxygens (including phenoxy) is 1. The number of anilines is 1. The zero-order chi connectivity index (χ0) is 13.7. The van der Waals surface area contributed by atoms with Crippen molar-refractivity contribution in [3.8, 4) is 6.07 Å². The summed E-state index contributed by atoms with van der Waals surface area (Å²) in [6, 6.07) is 7.26. The lowest BCUT2D eigenvalue weighted by Crippen LogP contribution is -2.32. The van der Waals surface area contributed by atoms with Crippen LogP contribution in [0.4, 0.5) is 5.69 Å². The molecule has 0 aliphatic carbocycles. The average Bonchev–Trinajstić information content (AvgIpc) is 2.46. The highest BCUT2D eigenvalue weighted by Gasteiger charge is 2.22. The van der Waals surface area contributed by atoms with E-state index in [0.717, 1.165) is 12.8 Å². The fourth-order valence-electron chi connectivity index (χ4n) is 2.27. The van der Waals surface area contributed by atoms with Crippen LogP contribution in [0, 0.1) is 17.2 Å². The van der Waals surface area contributed by atoms with E-state index in [-0.39, 0.29) is 5.92 Å². The summed E-state index contributed by atoms with van der Waals surface area (Å²) in [7, 11) is 0. The van der Waals surface area contributed by atoms with Gasteiger partial charge in [-0.2, -0.15) is 5.26 Å². The number of halogens is 1. The minimum absolute atomic E-state index is 0.245. The summed E-state index contributed by atoms with van der Waals surface area (Å²) in [5, 5.41) is 22.8. The monoisotopic (exact) mass is 280 g/mol. The third kappa shape index (κ3) is 3.60. The zero-order valence-corrected chi connectivity index (χ0v) is 11.4. The molecule has 2 N–H and O–H groups in total. The van der Waals surface area contributed by atoms with Gasteiger partial charge in [-0.05, 0) is 30.9 Å². The Morgan fingerprint density at radius 1 is 1.47 bits per heavy atom. The first-order valence-corrected chi connectivity index (χ1v) is 6.78. The molecule has 1 atom stereocenters. The van der Waals surface area contributed by atoms with Crippen LogP contribution >= 0.6 is 11.6 Å². The molecule has 0 aromatic heterocycles. The standard InChI is InChI=1S/C14H17ClN2O2/c15-12-3-1-2-11(8-16)14(12)17-9-13(18)10-4-6-19-7-5-10/h1-3,10,13,17-18H,4-7,9H2/t13-/m1/s1. The molecule has 1 fully saturated rings. The van der Waals surface area contributed by atoms with E-state index in [1.54, 1.807) is 18.2 Å². The third-order valence-electron chi connectivity index (χ3n) is 3.43. The Morgan fingerprint density at radius 3 is 2.89 bits per heavy atom. The van der Waals surface area contributed by atoms with Crippen LogP contribution in [0.25, 0.3) is 0 Å². The van der Waals surface area contributed by atoms with Gasteiger partial charge in [-0.15, -0.1) is 0 Å². The van der Waals surface area contributed by atoms with E-state index in [9.17, 15) is 5.11 Å². The molecule has 1 saturated heterocycles. The lowest BCUT2D eigenvalue weighted by Gasteiger charge is -2.27. The van der Waals surface area contributed by atoms with E-state index in [2.05, 4.69) is 11.4 Å². The van der Waals surface area contributed by atoms with Gasteiger partial charge < -0.3 is 15.2 Å². The van der Waals surface area contributed by atoms with Crippen LogP contribution in [-0.2, 0) is 4.74 Å². The van der Waals surface area contributed by atoms with Crippen molar-refractivity contribution in [2.24, 2.45) is 5.92 Å². The van der Waals surface area contributed by atoms with Crippen LogP contribution in [0.3, 0.4) is 0 Å². The molecule has 5 heteroatoms. The van der Waals surface area contributed by atoms with Crippen LogP contribution in [0.5, 0.6) is 0 Å². The molecule has 0 amide bonds. The minimum Gasteiger partial charge on any atom is -0.391 e. The number of nitrogens with zero attached hydrogens (tertiary/aromatic N) is 1. The quantitative estimate of drug-likeness (QED) is 0.889. The highest BCUT2D eigenvalue weighted by molar-refractivity contribution is 6.33. The largest absolute Gasteiger partial charge is 0.391 e. The molecule has 4 nitrogen and oxygen atoms in total. The van der Waals surface area contributed by atoms with Crippen LogP contribution in [0.2, 0.25) is 5.02 Å². The third-order valence-corrected chi connectivity index (χ3v) is 3.75. The van der Waals surface area contributed by atoms with Gasteiger partial charge in [0.1, 0.15) is 6.07 Å². The number of rotatable bonds is 4. The summed E-state index contributed by atoms with van der Waals surface area (Å²) in [5.41, 5.74) is 1.09. The topological polar surface area (TPSA) is 65.3 Å². The van der Waals surface area contributed by atoms with Gasteiger partial charge in [-0.25, -0.2) is 0 Å². The number of nitrogens with one attached hydrogen (secondary N) is 1. The minimum atomic E-state index is -0.452. The number of para-hydroxylation sites is 1. The van der Waals surface area contributed by atoms with Gasteiger partial charge in [0.05, 0.1) is 22.4 Å². The summed E-state index contributed by atoms with van der Waals surface area (Å²) in [6.45, 7) is 1.80. The van der Waals surface area contributed by atoms with Gasteiger partial charge in [0.25, 0.3) is 0 Å². The first kappa shape index (κ1) is 14.1. The second-order valence-electron chi connectivity index (χ2n) is 4.67. The van der Waals surface area contributed by atoms with Crippen molar-refractivity contribution in [3.05, 3.63) is 28.8 Å². The smallest absolute Gasteiger partial charge is 0.101 e. The van der Waals surface area contributed by atoms with E-state index in [1.807, 2.05) is 0 Å². The first-order valence-electron chi connectivity index (χ1n) is 6.40. The molecule has 2 rings (SSSR count). The molecule has 0 spiro atoms. The molecule has 1 heterocycles. The SMILES string of the molecule is N#Cc1cccc(Cl)c1NC[C@@H](O)C1CCOCC1. The van der Waals surface area contributed by atoms with Crippen molar-refractivity contribution >= 4 is 17.3 Å². The second kappa shape index (κ2) is 6.76. The molecule has 0 radical (unpaired) electrons. The first-order chi connectivity index (χ1) is 9.22. The number of benzene rings is 1. The van der Waals surface area contributed by atoms with Gasteiger partial charge in [0, 0.05) is 19.8 Å². The van der Waals surface area contributed by atoms with E-state index in [4.69, 9.17) is 21.6 Å². The highest BCUT2D eigenvalue weighted by Crippen LogP contribution is 2.26. The fourth-order valence-corrected chi connectivity index (χ4v) is 2.51. The lowest BCUT2D eigenvalue weighted by atomic mass is 9.94. The zero-order valence-electron chi connectivity index (χ0n) is 10.6. The average molecular weight is 281 g/mol. The Morgan fingerprint density at radius 2 is 2.21 bits per heavy atom. The van der Waals surface area contributed by atoms with Crippen LogP contribution < -0.4 is 5.32 Å². The summed E-state index contributed by atoms with van der Waals surface area (Å²) >= 11 is 6.06. The van der Waals surface area contributed by atoms with Gasteiger partial charge in [-0.3, -0.25) is 0 Å². The summed E-state index contributed by atoms with van der Waals surface area (Å²) in [5.74, 6) is 0.245. The number of aliphatic hydroxyl groups excluding tert-OH is 1. The normalized spacial score (nSPS) is 17.7. The van der Waals surface area contributed by atoms with Crippen molar-refractivity contribution in [1.29, 1.82) is 5.26 Å². The molecule has 1 aromatic carbocycles. The summed E-state index contributed by atoms with van der Waals surface area (Å²) < 4.78 is 5.27. The number of hydrogen-bond acceptors (Lipinski definition) is 4. The number of aliphatic hydroxyl groups is 1. The molecule has 0 saturated carbocycles. The Labute approximate surface area is 117 Å². The van der Waals surface area contributed by atoms with Crippen molar-refractivity contribution in [3.63, 3.8) is 0 Å². The van der Waals surface area contributed by atoms with Crippen molar-refractivity contribution in [2.45, 2.75) is 18.9 Å². The van der Waals surface area contributed by atoms with Crippen LogP contribution in [0.1, 0.15) is 18.4 Å². The predicted molar refractivity (Wildman–Crippen MR) is 74.2 cm³/mol. The van der Waals surface area contributed by atoms with Crippen molar-refractivity contribution in [2.75, 3.05) is 25.1 Å². The van der Waals surface area contributed by atoms with E-state index >= 15 is 0 Å². The Bertz CT molecular complexity index is 467. The maximum absolute atomic E-state index is 10.1. The van der Waals surface area contributed by atoms with E-state index in [1.165, 1.54) is 0 Å². The van der Waals surface area contributed by atoms with Gasteiger partial charge in [0.15, 0.2) is 0 Å². The molecule has 102 valence electrons. The van der Waals surface area contributed by atoms with Crippen molar-refractivity contribution in [1.82, 2.24) is 0 Å². The Balaban J connectivity index is 1.96. The van der Waals surface area contributed by atoms with Crippen LogP contribution in [-0.4, -0.2) is 31.0 Å². The van der Waals surface area contributed by atoms with Gasteiger partial charge in [-0.1, -0.05) is 17.7 Å². The molecule has 1 aromatic rings. The summed E-state index contributed by atoms with van der Waals surface area (Å²) in [4.78, 5) is 0. The second-order valence-corrected chi connectivity index (χ2v) is 5.08. The number of nitriles is 1. The van der Waals surface area contributed by atoms with E-state index in [0.29, 0.717) is 36.0 Å². The highest BCUT2D eigenvalue weighted by atomic mass is 35.5. The molecule has 1 aliphatic heterocycles. The van der Waals surface area contributed by atoms with E-state index < -0.39 is 6.10 Å². The molecule has 0 bridgehead atoms. The molecular formula is C14H17ClN2O2. The fraction of sp³-hybridized carbons (Fsp3) is 0.500. The van der Waals surface area contributed by atoms with Gasteiger partial charge >= 0.3 is 0 Å². The van der Waals surface area contributed by atoms with Crippen molar-refractivity contribution < 1.29 is 9.84 Å². The molecule has 0 unspecified atom stereocenters. The van der Waals surface area contributed by atoms with Crippen LogP contribution in [0.15, 0.2) is 18.2 Å². The lowest BCUT2D eigenvalue weighted by molar-refractivity contribution is 0.0131. The molecule has 1 aliphatic rings. The number of hydrogen-bond donors (Lipinski definition) is 2. The summed E-state index contributed by atoms with van der Waals surface area (Å²) in [6.07, 6.45) is 1.29.